The van der Waals surface area contributed by atoms with Crippen molar-refractivity contribution >= 4 is 11.8 Å². The van der Waals surface area contributed by atoms with Crippen molar-refractivity contribution < 1.29 is 14.3 Å². The molecule has 0 atom stereocenters. The number of carbonyl (C=O) groups excluding carboxylic acids is 2. The largest absolute Gasteiger partial charge is 0.494 e. The Morgan fingerprint density at radius 3 is 2.28 bits per heavy atom. The van der Waals surface area contributed by atoms with Crippen LogP contribution >= 0.6 is 0 Å². The first-order valence-electron chi connectivity index (χ1n) is 5.87. The van der Waals surface area contributed by atoms with Crippen LogP contribution in [0.15, 0.2) is 24.3 Å². The lowest BCUT2D eigenvalue weighted by atomic mass is 10.2. The first kappa shape index (κ1) is 14.0. The third-order valence-corrected chi connectivity index (χ3v) is 2.25. The first-order valence-corrected chi connectivity index (χ1v) is 5.87. The highest BCUT2D eigenvalue weighted by molar-refractivity contribution is 5.95. The predicted octanol–water partition coefficient (Wildman–Crippen LogP) is 1.50. The lowest BCUT2D eigenvalue weighted by Crippen LogP contribution is -2.43. The van der Waals surface area contributed by atoms with Crippen LogP contribution < -0.4 is 15.6 Å². The zero-order valence-electron chi connectivity index (χ0n) is 10.8. The molecular formula is C13H18N2O3. The summed E-state index contributed by atoms with van der Waals surface area (Å²) in [6.07, 6.45) is 0. The second-order valence-electron chi connectivity index (χ2n) is 4.06. The summed E-state index contributed by atoms with van der Waals surface area (Å²) in [4.78, 5) is 22.9. The topological polar surface area (TPSA) is 67.4 Å². The second-order valence-corrected chi connectivity index (χ2v) is 4.06. The average molecular weight is 250 g/mol. The molecule has 0 heterocycles. The van der Waals surface area contributed by atoms with Crippen molar-refractivity contribution in [3.05, 3.63) is 29.8 Å². The van der Waals surface area contributed by atoms with Gasteiger partial charge in [0.1, 0.15) is 5.75 Å². The molecule has 98 valence electrons. The highest BCUT2D eigenvalue weighted by atomic mass is 16.5. The van der Waals surface area contributed by atoms with Gasteiger partial charge >= 0.3 is 0 Å². The minimum atomic E-state index is -0.355. The zero-order valence-corrected chi connectivity index (χ0v) is 10.8. The van der Waals surface area contributed by atoms with E-state index in [0.29, 0.717) is 17.9 Å². The Bertz CT molecular complexity index is 413. The van der Waals surface area contributed by atoms with Crippen LogP contribution in [0.3, 0.4) is 0 Å². The van der Waals surface area contributed by atoms with Crippen molar-refractivity contribution in [1.82, 2.24) is 10.9 Å². The van der Waals surface area contributed by atoms with Gasteiger partial charge in [0.15, 0.2) is 0 Å². The van der Waals surface area contributed by atoms with Crippen molar-refractivity contribution in [2.45, 2.75) is 20.8 Å². The van der Waals surface area contributed by atoms with E-state index in [1.165, 1.54) is 0 Å². The summed E-state index contributed by atoms with van der Waals surface area (Å²) in [5.74, 6) is -0.0489. The normalized spacial score (nSPS) is 10.0. The summed E-state index contributed by atoms with van der Waals surface area (Å²) in [6, 6.07) is 6.70. The molecule has 2 N–H and O–H groups in total. The number of benzene rings is 1. The number of rotatable bonds is 4. The molecule has 5 nitrogen and oxygen atoms in total. The number of ether oxygens (including phenoxy) is 1. The minimum Gasteiger partial charge on any atom is -0.494 e. The molecule has 0 radical (unpaired) electrons. The van der Waals surface area contributed by atoms with Gasteiger partial charge in [0.25, 0.3) is 5.91 Å². The molecule has 0 unspecified atom stereocenters. The summed E-state index contributed by atoms with van der Waals surface area (Å²) in [6.45, 7) is 5.97. The number of amides is 2. The summed E-state index contributed by atoms with van der Waals surface area (Å²) < 4.78 is 5.27. The highest BCUT2D eigenvalue weighted by Gasteiger charge is 2.09. The Balaban J connectivity index is 2.54. The Morgan fingerprint density at radius 1 is 1.17 bits per heavy atom. The van der Waals surface area contributed by atoms with Gasteiger partial charge in [0, 0.05) is 11.5 Å². The van der Waals surface area contributed by atoms with E-state index in [2.05, 4.69) is 10.9 Å². The van der Waals surface area contributed by atoms with Crippen LogP contribution in [0.25, 0.3) is 0 Å². The van der Waals surface area contributed by atoms with E-state index in [-0.39, 0.29) is 17.7 Å². The van der Waals surface area contributed by atoms with E-state index in [1.807, 2.05) is 6.92 Å². The van der Waals surface area contributed by atoms with Crippen LogP contribution in [0.5, 0.6) is 5.75 Å². The number of carbonyl (C=O) groups is 2. The quantitative estimate of drug-likeness (QED) is 0.796. The van der Waals surface area contributed by atoms with E-state index >= 15 is 0 Å². The summed E-state index contributed by atoms with van der Waals surface area (Å²) >= 11 is 0. The van der Waals surface area contributed by atoms with Crippen LogP contribution in [-0.4, -0.2) is 18.4 Å². The van der Waals surface area contributed by atoms with Gasteiger partial charge in [-0.2, -0.15) is 0 Å². The first-order chi connectivity index (χ1) is 8.54. The molecular weight excluding hydrogens is 232 g/mol. The fraction of sp³-hybridized carbons (Fsp3) is 0.385. The Morgan fingerprint density at radius 2 is 1.78 bits per heavy atom. The number of hydrogen-bond acceptors (Lipinski definition) is 3. The Hall–Kier alpha value is -2.04. The molecule has 1 rings (SSSR count). The molecule has 2 amide bonds. The predicted molar refractivity (Wildman–Crippen MR) is 68.1 cm³/mol. The molecule has 5 heteroatoms. The van der Waals surface area contributed by atoms with Crippen LogP contribution in [-0.2, 0) is 4.79 Å². The number of hydrogen-bond donors (Lipinski definition) is 2. The van der Waals surface area contributed by atoms with Crippen LogP contribution in [0.4, 0.5) is 0 Å². The van der Waals surface area contributed by atoms with E-state index in [9.17, 15) is 9.59 Å². The van der Waals surface area contributed by atoms with Crippen LogP contribution in [0.1, 0.15) is 31.1 Å². The van der Waals surface area contributed by atoms with Crippen molar-refractivity contribution in [3.63, 3.8) is 0 Å². The summed E-state index contributed by atoms with van der Waals surface area (Å²) in [5, 5.41) is 0. The fourth-order valence-corrected chi connectivity index (χ4v) is 1.20. The van der Waals surface area contributed by atoms with Gasteiger partial charge in [-0.25, -0.2) is 0 Å². The van der Waals surface area contributed by atoms with Gasteiger partial charge < -0.3 is 4.74 Å². The number of nitrogens with one attached hydrogen (secondary N) is 2. The maximum absolute atomic E-state index is 11.7. The molecule has 0 fully saturated rings. The summed E-state index contributed by atoms with van der Waals surface area (Å²) in [7, 11) is 0. The maximum atomic E-state index is 11.7. The second kappa shape index (κ2) is 6.64. The zero-order chi connectivity index (χ0) is 13.5. The third kappa shape index (κ3) is 4.08. The minimum absolute atomic E-state index is 0.175. The van der Waals surface area contributed by atoms with Crippen molar-refractivity contribution in [3.8, 4) is 5.75 Å². The monoisotopic (exact) mass is 250 g/mol. The maximum Gasteiger partial charge on any atom is 0.269 e. The SMILES string of the molecule is CCOc1ccc(C(=O)NNC(=O)C(C)C)cc1. The van der Waals surface area contributed by atoms with Gasteiger partial charge in [-0.15, -0.1) is 0 Å². The fourth-order valence-electron chi connectivity index (χ4n) is 1.20. The molecule has 0 aromatic heterocycles. The molecule has 0 aliphatic carbocycles. The lowest BCUT2D eigenvalue weighted by molar-refractivity contribution is -0.124. The molecule has 1 aromatic carbocycles. The molecule has 1 aromatic rings. The lowest BCUT2D eigenvalue weighted by Gasteiger charge is -2.09. The van der Waals surface area contributed by atoms with Crippen molar-refractivity contribution in [2.75, 3.05) is 6.61 Å². The van der Waals surface area contributed by atoms with Crippen LogP contribution in [0, 0.1) is 5.92 Å². The van der Waals surface area contributed by atoms with Crippen LogP contribution in [0.2, 0.25) is 0 Å². The molecule has 0 aliphatic rings. The van der Waals surface area contributed by atoms with Gasteiger partial charge in [0.05, 0.1) is 6.61 Å². The van der Waals surface area contributed by atoms with Gasteiger partial charge in [-0.05, 0) is 31.2 Å². The van der Waals surface area contributed by atoms with Crippen molar-refractivity contribution in [2.24, 2.45) is 5.92 Å². The third-order valence-electron chi connectivity index (χ3n) is 2.25. The number of hydrazine groups is 1. The molecule has 0 spiro atoms. The standard InChI is InChI=1S/C13H18N2O3/c1-4-18-11-7-5-10(6-8-11)13(17)15-14-12(16)9(2)3/h5-9H,4H2,1-3H3,(H,14,16)(H,15,17). The van der Waals surface area contributed by atoms with E-state index in [4.69, 9.17) is 4.74 Å². The molecule has 0 bridgehead atoms. The molecule has 0 saturated carbocycles. The summed E-state index contributed by atoms with van der Waals surface area (Å²) in [5.41, 5.74) is 5.16. The van der Waals surface area contributed by atoms with Gasteiger partial charge in [-0.1, -0.05) is 13.8 Å². The molecule has 18 heavy (non-hydrogen) atoms. The Kier molecular flexibility index (Phi) is 5.17. The smallest absolute Gasteiger partial charge is 0.269 e. The van der Waals surface area contributed by atoms with Crippen molar-refractivity contribution in [1.29, 1.82) is 0 Å². The molecule has 0 aliphatic heterocycles. The average Bonchev–Trinajstić information content (AvgIpc) is 2.36. The molecule has 0 saturated heterocycles. The van der Waals surface area contributed by atoms with E-state index in [1.54, 1.807) is 38.1 Å². The Labute approximate surface area is 106 Å². The van der Waals surface area contributed by atoms with Gasteiger partial charge in [-0.3, -0.25) is 20.4 Å². The van der Waals surface area contributed by atoms with E-state index in [0.717, 1.165) is 0 Å². The van der Waals surface area contributed by atoms with E-state index < -0.39 is 0 Å². The van der Waals surface area contributed by atoms with Gasteiger partial charge in [0.2, 0.25) is 5.91 Å². The highest BCUT2D eigenvalue weighted by Crippen LogP contribution is 2.11.